The summed E-state index contributed by atoms with van der Waals surface area (Å²) in [6, 6.07) is 11.9. The highest BCUT2D eigenvalue weighted by Crippen LogP contribution is 2.45. The van der Waals surface area contributed by atoms with E-state index in [0.717, 1.165) is 6.07 Å². The van der Waals surface area contributed by atoms with E-state index >= 15 is 0 Å². The number of benzene rings is 3. The largest absolute Gasteiger partial charge is 0.507 e. The van der Waals surface area contributed by atoms with Crippen LogP contribution < -0.4 is 4.74 Å². The van der Waals surface area contributed by atoms with Gasteiger partial charge in [-0.05, 0) is 25.1 Å². The van der Waals surface area contributed by atoms with Gasteiger partial charge in [0, 0.05) is 27.8 Å². The summed E-state index contributed by atoms with van der Waals surface area (Å²) in [5.41, 5.74) is -0.245. The number of hydrogen-bond acceptors (Lipinski definition) is 7. The Hall–Kier alpha value is -4.13. The minimum absolute atomic E-state index is 0.0122. The molecule has 7 heteroatoms. The highest BCUT2D eigenvalue weighted by atomic mass is 16.5. The zero-order chi connectivity index (χ0) is 22.3. The first-order chi connectivity index (χ1) is 14.9. The van der Waals surface area contributed by atoms with Gasteiger partial charge >= 0.3 is 5.97 Å². The van der Waals surface area contributed by atoms with Gasteiger partial charge in [0.15, 0.2) is 11.6 Å². The Morgan fingerprint density at radius 1 is 0.839 bits per heavy atom. The zero-order valence-electron chi connectivity index (χ0n) is 16.8. The molecule has 0 atom stereocenters. The average molecular weight is 418 g/mol. The van der Waals surface area contributed by atoms with Crippen molar-refractivity contribution in [3.05, 3.63) is 76.3 Å². The maximum atomic E-state index is 13.5. The second-order valence-electron chi connectivity index (χ2n) is 6.85. The molecular formula is C24H18O7. The van der Waals surface area contributed by atoms with E-state index in [0.29, 0.717) is 11.3 Å². The van der Waals surface area contributed by atoms with E-state index in [1.54, 1.807) is 31.2 Å². The monoisotopic (exact) mass is 418 g/mol. The molecule has 0 amide bonds. The number of ketones is 2. The van der Waals surface area contributed by atoms with Crippen molar-refractivity contribution in [3.8, 4) is 28.4 Å². The number of methoxy groups -OCH3 is 1. The van der Waals surface area contributed by atoms with Crippen molar-refractivity contribution < 1.29 is 34.1 Å². The average Bonchev–Trinajstić information content (AvgIpc) is 2.76. The number of aromatic hydroxyl groups is 2. The van der Waals surface area contributed by atoms with Gasteiger partial charge in [-0.3, -0.25) is 9.59 Å². The summed E-state index contributed by atoms with van der Waals surface area (Å²) in [5, 5.41) is 21.0. The van der Waals surface area contributed by atoms with E-state index in [4.69, 9.17) is 9.47 Å². The van der Waals surface area contributed by atoms with E-state index in [2.05, 4.69) is 0 Å². The topological polar surface area (TPSA) is 110 Å². The SMILES string of the molecule is CCOC(=O)c1c(O)cc2c(c1-c1ccccc1OC)C(=O)c1c(O)cccc1C2=O. The van der Waals surface area contributed by atoms with Crippen molar-refractivity contribution in [2.45, 2.75) is 6.92 Å². The molecule has 7 nitrogen and oxygen atoms in total. The van der Waals surface area contributed by atoms with Crippen LogP contribution >= 0.6 is 0 Å². The Kier molecular flexibility index (Phi) is 4.94. The lowest BCUT2D eigenvalue weighted by Crippen LogP contribution is -2.24. The number of rotatable bonds is 4. The fourth-order valence-electron chi connectivity index (χ4n) is 3.85. The first-order valence-electron chi connectivity index (χ1n) is 9.52. The Bertz CT molecular complexity index is 1260. The molecule has 0 fully saturated rings. The smallest absolute Gasteiger partial charge is 0.342 e. The summed E-state index contributed by atoms with van der Waals surface area (Å²) < 4.78 is 10.5. The van der Waals surface area contributed by atoms with Crippen LogP contribution in [0.2, 0.25) is 0 Å². The Morgan fingerprint density at radius 3 is 2.26 bits per heavy atom. The molecule has 0 radical (unpaired) electrons. The van der Waals surface area contributed by atoms with Crippen molar-refractivity contribution in [2.75, 3.05) is 13.7 Å². The molecule has 1 aliphatic carbocycles. The summed E-state index contributed by atoms with van der Waals surface area (Å²) in [7, 11) is 1.42. The summed E-state index contributed by atoms with van der Waals surface area (Å²) in [6.45, 7) is 1.65. The predicted octanol–water partition coefficient (Wildman–Crippen LogP) is 3.73. The molecule has 31 heavy (non-hydrogen) atoms. The highest BCUT2D eigenvalue weighted by molar-refractivity contribution is 6.32. The molecular weight excluding hydrogens is 400 g/mol. The number of hydrogen-bond donors (Lipinski definition) is 2. The molecule has 0 heterocycles. The highest BCUT2D eigenvalue weighted by Gasteiger charge is 2.38. The second kappa shape index (κ2) is 7.60. The molecule has 1 aliphatic rings. The lowest BCUT2D eigenvalue weighted by atomic mass is 9.78. The normalized spacial score (nSPS) is 12.2. The third kappa shape index (κ3) is 3.02. The van der Waals surface area contributed by atoms with Gasteiger partial charge in [0.05, 0.1) is 19.3 Å². The minimum Gasteiger partial charge on any atom is -0.507 e. The number of esters is 1. The summed E-state index contributed by atoms with van der Waals surface area (Å²) >= 11 is 0. The van der Waals surface area contributed by atoms with Gasteiger partial charge in [-0.1, -0.05) is 30.3 Å². The molecule has 0 unspecified atom stereocenters. The number of fused-ring (bicyclic) bond motifs is 2. The van der Waals surface area contributed by atoms with Gasteiger partial charge in [-0.15, -0.1) is 0 Å². The van der Waals surface area contributed by atoms with Gasteiger partial charge in [-0.2, -0.15) is 0 Å². The van der Waals surface area contributed by atoms with Crippen LogP contribution in [0.1, 0.15) is 49.1 Å². The molecule has 0 saturated heterocycles. The van der Waals surface area contributed by atoms with E-state index in [-0.39, 0.29) is 45.7 Å². The Labute approximate surface area is 177 Å². The molecule has 0 aliphatic heterocycles. The van der Waals surface area contributed by atoms with Crippen molar-refractivity contribution in [1.29, 1.82) is 0 Å². The molecule has 0 spiro atoms. The molecule has 0 aromatic heterocycles. The zero-order valence-corrected chi connectivity index (χ0v) is 16.8. The maximum Gasteiger partial charge on any atom is 0.342 e. The number of phenolic OH excluding ortho intramolecular Hbond substituents is 2. The fraction of sp³-hybridized carbons (Fsp3) is 0.125. The van der Waals surface area contributed by atoms with Gasteiger partial charge in [0.2, 0.25) is 0 Å². The molecule has 3 aromatic rings. The van der Waals surface area contributed by atoms with Crippen LogP contribution in [0, 0.1) is 0 Å². The molecule has 0 saturated carbocycles. The van der Waals surface area contributed by atoms with Crippen LogP contribution in [0.3, 0.4) is 0 Å². The molecule has 0 bridgehead atoms. The van der Waals surface area contributed by atoms with E-state index < -0.39 is 23.3 Å². The van der Waals surface area contributed by atoms with Gasteiger partial charge in [-0.25, -0.2) is 4.79 Å². The lowest BCUT2D eigenvalue weighted by Gasteiger charge is -2.24. The third-order valence-corrected chi connectivity index (χ3v) is 5.15. The maximum absolute atomic E-state index is 13.5. The molecule has 2 N–H and O–H groups in total. The van der Waals surface area contributed by atoms with Crippen molar-refractivity contribution in [2.24, 2.45) is 0 Å². The quantitative estimate of drug-likeness (QED) is 0.486. The van der Waals surface area contributed by atoms with Gasteiger partial charge in [0.1, 0.15) is 22.8 Å². The summed E-state index contributed by atoms with van der Waals surface area (Å²) in [6.07, 6.45) is 0. The van der Waals surface area contributed by atoms with E-state index in [9.17, 15) is 24.6 Å². The van der Waals surface area contributed by atoms with Crippen molar-refractivity contribution >= 4 is 17.5 Å². The number of carbonyl (C=O) groups is 3. The van der Waals surface area contributed by atoms with Crippen LogP contribution in [0.5, 0.6) is 17.2 Å². The number of para-hydroxylation sites is 1. The fourth-order valence-corrected chi connectivity index (χ4v) is 3.85. The number of phenols is 2. The number of ether oxygens (including phenoxy) is 2. The van der Waals surface area contributed by atoms with Crippen LogP contribution in [-0.2, 0) is 4.74 Å². The van der Waals surface area contributed by atoms with E-state index in [1.165, 1.54) is 25.3 Å². The lowest BCUT2D eigenvalue weighted by molar-refractivity contribution is 0.0523. The predicted molar refractivity (Wildman–Crippen MR) is 111 cm³/mol. The van der Waals surface area contributed by atoms with Crippen LogP contribution in [-0.4, -0.2) is 41.5 Å². The third-order valence-electron chi connectivity index (χ3n) is 5.15. The first kappa shape index (κ1) is 20.2. The molecule has 4 rings (SSSR count). The van der Waals surface area contributed by atoms with E-state index in [1.807, 2.05) is 0 Å². The summed E-state index contributed by atoms with van der Waals surface area (Å²) in [5.74, 6) is -2.58. The Balaban J connectivity index is 2.15. The minimum atomic E-state index is -0.855. The number of carbonyl (C=O) groups excluding carboxylic acids is 3. The van der Waals surface area contributed by atoms with Crippen LogP contribution in [0.25, 0.3) is 11.1 Å². The molecule has 156 valence electrons. The van der Waals surface area contributed by atoms with Crippen LogP contribution in [0.15, 0.2) is 48.5 Å². The Morgan fingerprint density at radius 2 is 1.55 bits per heavy atom. The van der Waals surface area contributed by atoms with Crippen molar-refractivity contribution in [1.82, 2.24) is 0 Å². The second-order valence-corrected chi connectivity index (χ2v) is 6.85. The standard InChI is InChI=1S/C24H18O7/c1-3-31-24(29)21-16(26)11-14-20(19(21)12-7-4-5-10-17(12)30-2)23(28)18-13(22(14)27)8-6-9-15(18)25/h4-11,25-26H,3H2,1-2H3. The summed E-state index contributed by atoms with van der Waals surface area (Å²) in [4.78, 5) is 39.5. The first-order valence-corrected chi connectivity index (χ1v) is 9.52. The van der Waals surface area contributed by atoms with Gasteiger partial charge in [0.25, 0.3) is 0 Å². The van der Waals surface area contributed by atoms with Crippen LogP contribution in [0.4, 0.5) is 0 Å². The molecule has 3 aromatic carbocycles. The van der Waals surface area contributed by atoms with Gasteiger partial charge < -0.3 is 19.7 Å². The van der Waals surface area contributed by atoms with Crippen molar-refractivity contribution in [3.63, 3.8) is 0 Å².